The molecule has 31 heavy (non-hydrogen) atoms. The van der Waals surface area contributed by atoms with E-state index in [-0.39, 0.29) is 22.9 Å². The Hall–Kier alpha value is -2.79. The van der Waals surface area contributed by atoms with Crippen molar-refractivity contribution >= 4 is 34.7 Å². The van der Waals surface area contributed by atoms with Crippen molar-refractivity contribution in [3.8, 4) is 0 Å². The van der Waals surface area contributed by atoms with Gasteiger partial charge >= 0.3 is 0 Å². The lowest BCUT2D eigenvalue weighted by molar-refractivity contribution is -0.124. The minimum Gasteiger partial charge on any atom is -0.322 e. The molecule has 0 aromatic heterocycles. The van der Waals surface area contributed by atoms with E-state index < -0.39 is 11.8 Å². The number of anilines is 1. The van der Waals surface area contributed by atoms with Gasteiger partial charge in [-0.3, -0.25) is 14.6 Å². The smallest absolute Gasteiger partial charge is 0.254 e. The van der Waals surface area contributed by atoms with Gasteiger partial charge in [0.15, 0.2) is 0 Å². The van der Waals surface area contributed by atoms with Crippen LogP contribution in [0.15, 0.2) is 64.8 Å². The first-order valence-corrected chi connectivity index (χ1v) is 10.7. The van der Waals surface area contributed by atoms with Crippen molar-refractivity contribution in [1.82, 2.24) is 0 Å². The van der Waals surface area contributed by atoms with Gasteiger partial charge in [0.05, 0.1) is 5.92 Å². The van der Waals surface area contributed by atoms with Gasteiger partial charge in [0.2, 0.25) is 0 Å². The highest BCUT2D eigenvalue weighted by Gasteiger charge is 2.47. The molecule has 6 heteroatoms. The number of aliphatic imine (C=N–C) groups is 1. The SMILES string of the molecule is CC1=C(C(=O)Nc2ccc(F)cc2)[C@H](c2cccc(Cl)c2)[C@H]2C(=O)CC(C)(C)CC2=N1. The molecule has 0 bridgehead atoms. The van der Waals surface area contributed by atoms with E-state index in [0.717, 1.165) is 11.3 Å². The predicted molar refractivity (Wildman–Crippen MR) is 121 cm³/mol. The Morgan fingerprint density at radius 1 is 1.13 bits per heavy atom. The number of Topliss-reactive ketones (excluding diaryl/α,β-unsaturated/α-hetero) is 1. The number of allylic oxidation sites excluding steroid dienone is 1. The van der Waals surface area contributed by atoms with Crippen LogP contribution in [0.5, 0.6) is 0 Å². The molecule has 1 saturated carbocycles. The molecular formula is C25H24ClFN2O2. The summed E-state index contributed by atoms with van der Waals surface area (Å²) in [5, 5.41) is 3.38. The molecule has 1 amide bonds. The fourth-order valence-electron chi connectivity index (χ4n) is 4.68. The standard InChI is InChI=1S/C25H24ClFN2O2/c1-14-21(24(31)29-18-9-7-17(27)8-10-18)22(15-5-4-6-16(26)11-15)23-19(28-14)12-25(2,3)13-20(23)30/h4-11,22-23H,12-13H2,1-3H3,(H,29,31)/t22-,23+/m0/s1. The van der Waals surface area contributed by atoms with Gasteiger partial charge in [-0.2, -0.15) is 0 Å². The fraction of sp³-hybridized carbons (Fsp3) is 0.320. The van der Waals surface area contributed by atoms with Gasteiger partial charge in [-0.25, -0.2) is 4.39 Å². The van der Waals surface area contributed by atoms with Gasteiger partial charge < -0.3 is 5.32 Å². The fourth-order valence-corrected chi connectivity index (χ4v) is 4.88. The second-order valence-electron chi connectivity index (χ2n) is 9.06. The van der Waals surface area contributed by atoms with Gasteiger partial charge in [0.25, 0.3) is 5.91 Å². The van der Waals surface area contributed by atoms with Crippen LogP contribution in [-0.4, -0.2) is 17.4 Å². The quantitative estimate of drug-likeness (QED) is 0.645. The molecule has 0 unspecified atom stereocenters. The van der Waals surface area contributed by atoms with E-state index in [4.69, 9.17) is 16.6 Å². The number of hydrogen-bond acceptors (Lipinski definition) is 3. The van der Waals surface area contributed by atoms with Crippen molar-refractivity contribution in [2.75, 3.05) is 5.32 Å². The average molecular weight is 439 g/mol. The van der Waals surface area contributed by atoms with Crippen LogP contribution in [0.4, 0.5) is 10.1 Å². The van der Waals surface area contributed by atoms with Gasteiger partial charge in [-0.05, 0) is 60.7 Å². The number of fused-ring (bicyclic) bond motifs is 1. The van der Waals surface area contributed by atoms with Crippen molar-refractivity contribution in [2.24, 2.45) is 16.3 Å². The van der Waals surface area contributed by atoms with Crippen LogP contribution >= 0.6 is 11.6 Å². The van der Waals surface area contributed by atoms with Crippen LogP contribution in [0, 0.1) is 17.2 Å². The summed E-state index contributed by atoms with van der Waals surface area (Å²) in [6.45, 7) is 5.92. The summed E-state index contributed by atoms with van der Waals surface area (Å²) in [5.74, 6) is -1.62. The summed E-state index contributed by atoms with van der Waals surface area (Å²) in [6, 6.07) is 12.9. The maximum Gasteiger partial charge on any atom is 0.254 e. The lowest BCUT2D eigenvalue weighted by atomic mass is 9.63. The molecule has 4 rings (SSSR count). The Morgan fingerprint density at radius 2 is 1.84 bits per heavy atom. The number of amides is 1. The molecule has 2 atom stereocenters. The summed E-state index contributed by atoms with van der Waals surface area (Å²) in [5.41, 5.74) is 2.96. The number of carbonyl (C=O) groups is 2. The maximum absolute atomic E-state index is 13.4. The summed E-state index contributed by atoms with van der Waals surface area (Å²) in [4.78, 5) is 31.4. The van der Waals surface area contributed by atoms with Crippen molar-refractivity contribution in [3.05, 3.63) is 76.2 Å². The second-order valence-corrected chi connectivity index (χ2v) is 9.49. The van der Waals surface area contributed by atoms with E-state index in [1.165, 1.54) is 24.3 Å². The first-order chi connectivity index (χ1) is 14.6. The van der Waals surface area contributed by atoms with Gasteiger partial charge in [0, 0.05) is 40.0 Å². The number of hydrogen-bond donors (Lipinski definition) is 1. The van der Waals surface area contributed by atoms with Crippen molar-refractivity contribution < 1.29 is 14.0 Å². The maximum atomic E-state index is 13.4. The number of nitrogens with zero attached hydrogens (tertiary/aromatic N) is 1. The molecule has 0 radical (unpaired) electrons. The second kappa shape index (κ2) is 8.04. The van der Waals surface area contributed by atoms with Gasteiger partial charge in [-0.15, -0.1) is 0 Å². The van der Waals surface area contributed by atoms with E-state index in [1.807, 2.05) is 12.1 Å². The summed E-state index contributed by atoms with van der Waals surface area (Å²) in [7, 11) is 0. The molecule has 160 valence electrons. The first-order valence-electron chi connectivity index (χ1n) is 10.3. The molecule has 2 aromatic carbocycles. The lowest BCUT2D eigenvalue weighted by Gasteiger charge is -2.41. The number of carbonyl (C=O) groups excluding carboxylic acids is 2. The van der Waals surface area contributed by atoms with Crippen LogP contribution in [0.2, 0.25) is 5.02 Å². The summed E-state index contributed by atoms with van der Waals surface area (Å²) in [6.07, 6.45) is 1.13. The number of ketones is 1. The van der Waals surface area contributed by atoms with Crippen molar-refractivity contribution in [3.63, 3.8) is 0 Å². The number of rotatable bonds is 3. The molecule has 1 aliphatic heterocycles. The summed E-state index contributed by atoms with van der Waals surface area (Å²) < 4.78 is 13.3. The summed E-state index contributed by atoms with van der Waals surface area (Å²) >= 11 is 6.26. The minimum atomic E-state index is -0.496. The van der Waals surface area contributed by atoms with E-state index in [1.54, 1.807) is 19.1 Å². The van der Waals surface area contributed by atoms with E-state index in [0.29, 0.717) is 34.8 Å². The van der Waals surface area contributed by atoms with Crippen LogP contribution in [-0.2, 0) is 9.59 Å². The highest BCUT2D eigenvalue weighted by molar-refractivity contribution is 6.30. The third-order valence-electron chi connectivity index (χ3n) is 5.92. The Morgan fingerprint density at radius 3 is 2.52 bits per heavy atom. The molecule has 1 aliphatic carbocycles. The zero-order chi connectivity index (χ0) is 22.3. The Kier molecular flexibility index (Phi) is 5.56. The molecule has 2 aromatic rings. The van der Waals surface area contributed by atoms with Gasteiger partial charge in [-0.1, -0.05) is 37.6 Å². The molecular weight excluding hydrogens is 415 g/mol. The first kappa shape index (κ1) is 21.4. The highest BCUT2D eigenvalue weighted by Crippen LogP contribution is 2.47. The van der Waals surface area contributed by atoms with E-state index >= 15 is 0 Å². The molecule has 0 saturated heterocycles. The number of nitrogens with one attached hydrogen (secondary N) is 1. The molecule has 4 nitrogen and oxygen atoms in total. The Bertz CT molecular complexity index is 1120. The molecule has 0 spiro atoms. The lowest BCUT2D eigenvalue weighted by Crippen LogP contribution is -2.44. The van der Waals surface area contributed by atoms with Crippen LogP contribution in [0.25, 0.3) is 0 Å². The van der Waals surface area contributed by atoms with E-state index in [9.17, 15) is 14.0 Å². The largest absolute Gasteiger partial charge is 0.322 e. The zero-order valence-corrected chi connectivity index (χ0v) is 18.5. The van der Waals surface area contributed by atoms with Crippen LogP contribution in [0.1, 0.15) is 45.1 Å². The Balaban J connectivity index is 1.81. The molecule has 2 aliphatic rings. The zero-order valence-electron chi connectivity index (χ0n) is 17.7. The van der Waals surface area contributed by atoms with E-state index in [2.05, 4.69) is 19.2 Å². The normalized spacial score (nSPS) is 22.6. The van der Waals surface area contributed by atoms with Crippen molar-refractivity contribution in [2.45, 2.75) is 39.5 Å². The topological polar surface area (TPSA) is 58.5 Å². The van der Waals surface area contributed by atoms with Crippen LogP contribution in [0.3, 0.4) is 0 Å². The monoisotopic (exact) mass is 438 g/mol. The van der Waals surface area contributed by atoms with Crippen molar-refractivity contribution in [1.29, 1.82) is 0 Å². The molecule has 1 N–H and O–H groups in total. The number of benzene rings is 2. The molecule has 1 heterocycles. The average Bonchev–Trinajstić information content (AvgIpc) is 2.67. The third-order valence-corrected chi connectivity index (χ3v) is 6.15. The molecule has 1 fully saturated rings. The minimum absolute atomic E-state index is 0.0829. The van der Waals surface area contributed by atoms with Crippen LogP contribution < -0.4 is 5.32 Å². The third kappa shape index (κ3) is 4.33. The van der Waals surface area contributed by atoms with Gasteiger partial charge in [0.1, 0.15) is 11.6 Å². The number of halogens is 2. The Labute approximate surface area is 186 Å². The predicted octanol–water partition coefficient (Wildman–Crippen LogP) is 5.94. The highest BCUT2D eigenvalue weighted by atomic mass is 35.5.